The zero-order chi connectivity index (χ0) is 14.4. The molecule has 1 aliphatic rings. The molecule has 0 saturated carbocycles. The molecule has 0 bridgehead atoms. The van der Waals surface area contributed by atoms with Gasteiger partial charge in [-0.1, -0.05) is 6.07 Å². The number of aromatic nitrogens is 1. The number of carbonyl (C=O) groups excluding carboxylic acids is 1. The Labute approximate surface area is 120 Å². The van der Waals surface area contributed by atoms with Crippen molar-refractivity contribution in [3.8, 4) is 0 Å². The van der Waals surface area contributed by atoms with Crippen molar-refractivity contribution in [1.82, 2.24) is 14.8 Å². The number of hydrogen-bond donors (Lipinski definition) is 0. The molecular formula is C15H23N3O2. The fourth-order valence-electron chi connectivity index (χ4n) is 2.54. The lowest BCUT2D eigenvalue weighted by Crippen LogP contribution is -2.37. The van der Waals surface area contributed by atoms with Crippen LogP contribution in [0.2, 0.25) is 0 Å². The number of methoxy groups -OCH3 is 1. The molecule has 0 aliphatic carbocycles. The molecule has 1 amide bonds. The van der Waals surface area contributed by atoms with Crippen molar-refractivity contribution >= 4 is 5.91 Å². The topological polar surface area (TPSA) is 45.7 Å². The lowest BCUT2D eigenvalue weighted by molar-refractivity contribution is -0.127. The highest BCUT2D eigenvalue weighted by Crippen LogP contribution is 2.18. The first-order chi connectivity index (χ1) is 9.72. The normalized spacial score (nSPS) is 16.9. The van der Waals surface area contributed by atoms with E-state index in [1.54, 1.807) is 13.3 Å². The summed E-state index contributed by atoms with van der Waals surface area (Å²) in [6, 6.07) is 6.04. The second kappa shape index (κ2) is 7.36. The van der Waals surface area contributed by atoms with Crippen molar-refractivity contribution in [3.05, 3.63) is 30.1 Å². The van der Waals surface area contributed by atoms with Crippen LogP contribution in [0.3, 0.4) is 0 Å². The molecule has 20 heavy (non-hydrogen) atoms. The van der Waals surface area contributed by atoms with Gasteiger partial charge in [0.2, 0.25) is 5.91 Å². The highest BCUT2D eigenvalue weighted by molar-refractivity contribution is 5.78. The van der Waals surface area contributed by atoms with Gasteiger partial charge < -0.3 is 9.64 Å². The summed E-state index contributed by atoms with van der Waals surface area (Å²) < 4.78 is 5.31. The number of pyridine rings is 1. The van der Waals surface area contributed by atoms with Crippen molar-refractivity contribution in [1.29, 1.82) is 0 Å². The standard InChI is InChI=1S/C15H23N3O2/c1-17(10-11-18-9-5-7-15(18)19)14(12-20-2)13-6-3-4-8-16-13/h3-4,6,8,14H,5,7,9-12H2,1-2H3/t14-/m0/s1. The molecule has 1 saturated heterocycles. The van der Waals surface area contributed by atoms with E-state index in [0.29, 0.717) is 13.0 Å². The molecule has 0 unspecified atom stereocenters. The van der Waals surface area contributed by atoms with Crippen molar-refractivity contribution in [2.45, 2.75) is 18.9 Å². The van der Waals surface area contributed by atoms with E-state index < -0.39 is 0 Å². The van der Waals surface area contributed by atoms with Gasteiger partial charge in [-0.3, -0.25) is 14.7 Å². The Morgan fingerprint density at radius 1 is 1.50 bits per heavy atom. The van der Waals surface area contributed by atoms with E-state index in [-0.39, 0.29) is 11.9 Å². The third kappa shape index (κ3) is 3.77. The zero-order valence-corrected chi connectivity index (χ0v) is 12.3. The van der Waals surface area contributed by atoms with E-state index in [1.807, 2.05) is 23.1 Å². The summed E-state index contributed by atoms with van der Waals surface area (Å²) in [6.45, 7) is 3.10. The number of likely N-dealkylation sites (N-methyl/N-ethyl adjacent to an activating group) is 1. The summed E-state index contributed by atoms with van der Waals surface area (Å²) in [5, 5.41) is 0. The third-order valence-electron chi connectivity index (χ3n) is 3.78. The average molecular weight is 277 g/mol. The first-order valence-electron chi connectivity index (χ1n) is 7.10. The van der Waals surface area contributed by atoms with Crippen molar-refractivity contribution in [2.75, 3.05) is 40.4 Å². The second-order valence-corrected chi connectivity index (χ2v) is 5.19. The molecule has 1 fully saturated rings. The quantitative estimate of drug-likeness (QED) is 0.754. The average Bonchev–Trinajstić information content (AvgIpc) is 2.88. The molecule has 0 aromatic carbocycles. The summed E-state index contributed by atoms with van der Waals surface area (Å²) in [6.07, 6.45) is 3.49. The summed E-state index contributed by atoms with van der Waals surface area (Å²) in [5.41, 5.74) is 1.00. The van der Waals surface area contributed by atoms with Gasteiger partial charge in [-0.2, -0.15) is 0 Å². The summed E-state index contributed by atoms with van der Waals surface area (Å²) in [4.78, 5) is 20.2. The van der Waals surface area contributed by atoms with Gasteiger partial charge in [-0.25, -0.2) is 0 Å². The van der Waals surface area contributed by atoms with E-state index in [4.69, 9.17) is 4.74 Å². The largest absolute Gasteiger partial charge is 0.383 e. The molecule has 5 nitrogen and oxygen atoms in total. The fraction of sp³-hybridized carbons (Fsp3) is 0.600. The molecule has 1 aromatic heterocycles. The van der Waals surface area contributed by atoms with Crippen molar-refractivity contribution < 1.29 is 9.53 Å². The van der Waals surface area contributed by atoms with Crippen LogP contribution in [0.25, 0.3) is 0 Å². The molecule has 0 radical (unpaired) electrons. The fourth-order valence-corrected chi connectivity index (χ4v) is 2.54. The smallest absolute Gasteiger partial charge is 0.222 e. The van der Waals surface area contributed by atoms with Crippen LogP contribution in [-0.4, -0.2) is 61.1 Å². The van der Waals surface area contributed by atoms with Gasteiger partial charge in [-0.05, 0) is 25.6 Å². The molecule has 2 heterocycles. The van der Waals surface area contributed by atoms with Gasteiger partial charge >= 0.3 is 0 Å². The molecule has 2 rings (SSSR count). The van der Waals surface area contributed by atoms with Crippen LogP contribution >= 0.6 is 0 Å². The van der Waals surface area contributed by atoms with Gasteiger partial charge in [0.15, 0.2) is 0 Å². The maximum atomic E-state index is 11.6. The molecule has 1 aromatic rings. The van der Waals surface area contributed by atoms with Gasteiger partial charge in [0.1, 0.15) is 0 Å². The second-order valence-electron chi connectivity index (χ2n) is 5.19. The Balaban J connectivity index is 1.93. The predicted octanol–water partition coefficient (Wildman–Crippen LogP) is 1.32. The Morgan fingerprint density at radius 2 is 2.35 bits per heavy atom. The Bertz CT molecular complexity index is 424. The predicted molar refractivity (Wildman–Crippen MR) is 77.3 cm³/mol. The maximum absolute atomic E-state index is 11.6. The van der Waals surface area contributed by atoms with Gasteiger partial charge in [0, 0.05) is 39.4 Å². The maximum Gasteiger partial charge on any atom is 0.222 e. The van der Waals surface area contributed by atoms with Gasteiger partial charge in [-0.15, -0.1) is 0 Å². The lowest BCUT2D eigenvalue weighted by atomic mass is 10.1. The number of rotatable bonds is 7. The van der Waals surface area contributed by atoms with Crippen LogP contribution in [0, 0.1) is 0 Å². The van der Waals surface area contributed by atoms with Crippen LogP contribution < -0.4 is 0 Å². The molecule has 5 heteroatoms. The highest BCUT2D eigenvalue weighted by Gasteiger charge is 2.22. The SMILES string of the molecule is COC[C@@H](c1ccccn1)N(C)CCN1CCCC1=O. The number of hydrogen-bond acceptors (Lipinski definition) is 4. The lowest BCUT2D eigenvalue weighted by Gasteiger charge is -2.28. The van der Waals surface area contributed by atoms with E-state index in [2.05, 4.69) is 16.9 Å². The third-order valence-corrected chi connectivity index (χ3v) is 3.78. The summed E-state index contributed by atoms with van der Waals surface area (Å²) in [7, 11) is 3.76. The minimum atomic E-state index is 0.124. The molecule has 1 aliphatic heterocycles. The monoisotopic (exact) mass is 277 g/mol. The van der Waals surface area contributed by atoms with Crippen LogP contribution in [0.1, 0.15) is 24.6 Å². The van der Waals surface area contributed by atoms with Crippen molar-refractivity contribution in [3.63, 3.8) is 0 Å². The van der Waals surface area contributed by atoms with E-state index >= 15 is 0 Å². The first-order valence-corrected chi connectivity index (χ1v) is 7.10. The molecule has 110 valence electrons. The van der Waals surface area contributed by atoms with E-state index in [0.717, 1.165) is 31.7 Å². The Morgan fingerprint density at radius 3 is 2.95 bits per heavy atom. The Hall–Kier alpha value is -1.46. The molecule has 1 atom stereocenters. The minimum absolute atomic E-state index is 0.124. The number of nitrogens with zero attached hydrogens (tertiary/aromatic N) is 3. The Kier molecular flexibility index (Phi) is 5.49. The number of likely N-dealkylation sites (tertiary alicyclic amines) is 1. The van der Waals surface area contributed by atoms with Crippen LogP contribution in [0.5, 0.6) is 0 Å². The summed E-state index contributed by atoms with van der Waals surface area (Å²) >= 11 is 0. The van der Waals surface area contributed by atoms with E-state index in [1.165, 1.54) is 0 Å². The van der Waals surface area contributed by atoms with Crippen LogP contribution in [0.15, 0.2) is 24.4 Å². The van der Waals surface area contributed by atoms with Crippen LogP contribution in [-0.2, 0) is 9.53 Å². The van der Waals surface area contributed by atoms with Gasteiger partial charge in [0.25, 0.3) is 0 Å². The van der Waals surface area contributed by atoms with E-state index in [9.17, 15) is 4.79 Å². The van der Waals surface area contributed by atoms with Gasteiger partial charge in [0.05, 0.1) is 18.3 Å². The summed E-state index contributed by atoms with van der Waals surface area (Å²) in [5.74, 6) is 0.277. The highest BCUT2D eigenvalue weighted by atomic mass is 16.5. The molecule has 0 N–H and O–H groups in total. The number of ether oxygens (including phenoxy) is 1. The minimum Gasteiger partial charge on any atom is -0.383 e. The van der Waals surface area contributed by atoms with Crippen LogP contribution in [0.4, 0.5) is 0 Å². The molecule has 0 spiro atoms. The van der Waals surface area contributed by atoms with Crippen molar-refractivity contribution in [2.24, 2.45) is 0 Å². The molecular weight excluding hydrogens is 254 g/mol. The first kappa shape index (κ1) is 14.9. The zero-order valence-electron chi connectivity index (χ0n) is 12.3. The number of amides is 1. The number of carbonyl (C=O) groups is 1.